The summed E-state index contributed by atoms with van der Waals surface area (Å²) in [6.07, 6.45) is 0.906. The van der Waals surface area contributed by atoms with Gasteiger partial charge in [-0.1, -0.05) is 24.6 Å². The number of carbonyl (C=O) groups is 1. The first-order valence-corrected chi connectivity index (χ1v) is 7.34. The third-order valence-electron chi connectivity index (χ3n) is 2.81. The Kier molecular flexibility index (Phi) is 6.75. The van der Waals surface area contributed by atoms with Gasteiger partial charge in [-0.2, -0.15) is 0 Å². The second kappa shape index (κ2) is 8.07. The number of carbonyl (C=O) groups excluding carboxylic acids is 1. The molecule has 1 rings (SSSR count). The number of anilines is 1. The number of hydrogen-bond donors (Lipinski definition) is 3. The van der Waals surface area contributed by atoms with E-state index in [2.05, 4.69) is 16.0 Å². The quantitative estimate of drug-likeness (QED) is 0.732. The van der Waals surface area contributed by atoms with Crippen LogP contribution in [0.3, 0.4) is 0 Å². The lowest BCUT2D eigenvalue weighted by atomic mass is 10.2. The fourth-order valence-electron chi connectivity index (χ4n) is 1.56. The number of thiocarbonyl (C=S) groups is 1. The molecule has 0 spiro atoms. The van der Waals surface area contributed by atoms with Gasteiger partial charge in [-0.15, -0.1) is 0 Å². The SMILES string of the molecule is CCCNC(=O)[C@H](C)NC(=S)Nc1cccc(Cl)c1C. The van der Waals surface area contributed by atoms with Crippen LogP contribution in [0, 0.1) is 6.92 Å². The van der Waals surface area contributed by atoms with Crippen molar-refractivity contribution < 1.29 is 4.79 Å². The zero-order valence-electron chi connectivity index (χ0n) is 11.9. The van der Waals surface area contributed by atoms with Crippen LogP contribution in [-0.2, 0) is 4.79 Å². The highest BCUT2D eigenvalue weighted by Crippen LogP contribution is 2.22. The smallest absolute Gasteiger partial charge is 0.242 e. The molecule has 20 heavy (non-hydrogen) atoms. The Labute approximate surface area is 130 Å². The molecule has 110 valence electrons. The fourth-order valence-corrected chi connectivity index (χ4v) is 2.03. The Balaban J connectivity index is 2.55. The summed E-state index contributed by atoms with van der Waals surface area (Å²) in [7, 11) is 0. The zero-order valence-corrected chi connectivity index (χ0v) is 13.5. The topological polar surface area (TPSA) is 53.2 Å². The minimum Gasteiger partial charge on any atom is -0.354 e. The predicted molar refractivity (Wildman–Crippen MR) is 88.3 cm³/mol. The molecule has 0 aromatic heterocycles. The van der Waals surface area contributed by atoms with Gasteiger partial charge in [0.25, 0.3) is 0 Å². The van der Waals surface area contributed by atoms with Crippen molar-refractivity contribution in [2.24, 2.45) is 0 Å². The number of rotatable bonds is 5. The van der Waals surface area contributed by atoms with Crippen molar-refractivity contribution in [1.29, 1.82) is 0 Å². The van der Waals surface area contributed by atoms with Gasteiger partial charge in [0.1, 0.15) is 6.04 Å². The van der Waals surface area contributed by atoms with Crippen LogP contribution in [0.2, 0.25) is 5.02 Å². The molecule has 0 saturated carbocycles. The van der Waals surface area contributed by atoms with Gasteiger partial charge in [0, 0.05) is 17.3 Å². The molecule has 1 amide bonds. The highest BCUT2D eigenvalue weighted by molar-refractivity contribution is 7.80. The zero-order chi connectivity index (χ0) is 15.1. The molecule has 1 aromatic carbocycles. The minimum atomic E-state index is -0.388. The van der Waals surface area contributed by atoms with E-state index in [-0.39, 0.29) is 11.9 Å². The lowest BCUT2D eigenvalue weighted by Gasteiger charge is -2.17. The summed E-state index contributed by atoms with van der Waals surface area (Å²) < 4.78 is 0. The van der Waals surface area contributed by atoms with Gasteiger partial charge in [0.15, 0.2) is 5.11 Å². The lowest BCUT2D eigenvalue weighted by molar-refractivity contribution is -0.122. The van der Waals surface area contributed by atoms with E-state index < -0.39 is 0 Å². The van der Waals surface area contributed by atoms with Crippen molar-refractivity contribution in [2.75, 3.05) is 11.9 Å². The van der Waals surface area contributed by atoms with Crippen LogP contribution in [0.15, 0.2) is 18.2 Å². The second-order valence-electron chi connectivity index (χ2n) is 4.52. The summed E-state index contributed by atoms with van der Waals surface area (Å²) in [5, 5.41) is 9.88. The highest BCUT2D eigenvalue weighted by atomic mass is 35.5. The largest absolute Gasteiger partial charge is 0.354 e. The van der Waals surface area contributed by atoms with Gasteiger partial charge in [0.05, 0.1) is 0 Å². The number of benzene rings is 1. The maximum atomic E-state index is 11.7. The third kappa shape index (κ3) is 4.98. The Bertz CT molecular complexity index is 493. The maximum absolute atomic E-state index is 11.7. The molecule has 0 unspecified atom stereocenters. The van der Waals surface area contributed by atoms with Crippen LogP contribution < -0.4 is 16.0 Å². The molecule has 3 N–H and O–H groups in total. The van der Waals surface area contributed by atoms with E-state index in [1.54, 1.807) is 6.92 Å². The van der Waals surface area contributed by atoms with Gasteiger partial charge in [-0.05, 0) is 50.2 Å². The van der Waals surface area contributed by atoms with E-state index >= 15 is 0 Å². The number of halogens is 1. The van der Waals surface area contributed by atoms with Crippen molar-refractivity contribution in [3.63, 3.8) is 0 Å². The molecule has 4 nitrogen and oxygen atoms in total. The van der Waals surface area contributed by atoms with E-state index in [0.717, 1.165) is 17.7 Å². The summed E-state index contributed by atoms with van der Waals surface area (Å²) in [4.78, 5) is 11.7. The molecule has 0 bridgehead atoms. The van der Waals surface area contributed by atoms with Crippen LogP contribution in [0.5, 0.6) is 0 Å². The van der Waals surface area contributed by atoms with Crippen LogP contribution >= 0.6 is 23.8 Å². The van der Waals surface area contributed by atoms with E-state index in [1.165, 1.54) is 0 Å². The van der Waals surface area contributed by atoms with E-state index in [4.69, 9.17) is 23.8 Å². The first-order valence-electron chi connectivity index (χ1n) is 6.56. The second-order valence-corrected chi connectivity index (χ2v) is 5.34. The molecular formula is C14H20ClN3OS. The van der Waals surface area contributed by atoms with E-state index in [9.17, 15) is 4.79 Å². The number of nitrogens with one attached hydrogen (secondary N) is 3. The molecule has 0 aliphatic carbocycles. The standard InChI is InChI=1S/C14H20ClN3OS/c1-4-8-16-13(19)10(3)17-14(20)18-12-7-5-6-11(15)9(12)2/h5-7,10H,4,8H2,1-3H3,(H,16,19)(H2,17,18,20)/t10-/m0/s1. The molecular weight excluding hydrogens is 294 g/mol. The average molecular weight is 314 g/mol. The number of hydrogen-bond acceptors (Lipinski definition) is 2. The van der Waals surface area contributed by atoms with Crippen LogP contribution in [0.4, 0.5) is 5.69 Å². The summed E-state index contributed by atoms with van der Waals surface area (Å²) in [6, 6.07) is 5.16. The first kappa shape index (κ1) is 16.7. The van der Waals surface area contributed by atoms with Gasteiger partial charge in [0.2, 0.25) is 5.91 Å². The Morgan fingerprint density at radius 2 is 2.15 bits per heavy atom. The molecule has 0 fully saturated rings. The normalized spacial score (nSPS) is 11.6. The summed E-state index contributed by atoms with van der Waals surface area (Å²) in [6.45, 7) is 6.35. The van der Waals surface area contributed by atoms with Crippen LogP contribution in [0.25, 0.3) is 0 Å². The first-order chi connectivity index (χ1) is 9.45. The maximum Gasteiger partial charge on any atom is 0.242 e. The van der Waals surface area contributed by atoms with E-state index in [0.29, 0.717) is 16.7 Å². The molecule has 0 heterocycles. The summed E-state index contributed by atoms with van der Waals surface area (Å²) in [5.74, 6) is -0.0705. The van der Waals surface area contributed by atoms with Gasteiger partial charge < -0.3 is 16.0 Å². The molecule has 0 aliphatic heterocycles. The van der Waals surface area contributed by atoms with Gasteiger partial charge in [-0.25, -0.2) is 0 Å². The summed E-state index contributed by atoms with van der Waals surface area (Å²) >= 11 is 11.2. The van der Waals surface area contributed by atoms with Gasteiger partial charge >= 0.3 is 0 Å². The average Bonchev–Trinajstić information content (AvgIpc) is 2.41. The fraction of sp³-hybridized carbons (Fsp3) is 0.429. The molecule has 0 radical (unpaired) electrons. The monoisotopic (exact) mass is 313 g/mol. The van der Waals surface area contributed by atoms with Crippen LogP contribution in [-0.4, -0.2) is 23.6 Å². The van der Waals surface area contributed by atoms with Crippen molar-refractivity contribution in [3.05, 3.63) is 28.8 Å². The van der Waals surface area contributed by atoms with Gasteiger partial charge in [-0.3, -0.25) is 4.79 Å². The van der Waals surface area contributed by atoms with Crippen molar-refractivity contribution in [1.82, 2.24) is 10.6 Å². The summed E-state index contributed by atoms with van der Waals surface area (Å²) in [5.41, 5.74) is 1.75. The molecule has 1 aromatic rings. The Morgan fingerprint density at radius 1 is 1.45 bits per heavy atom. The Hall–Kier alpha value is -1.33. The number of amides is 1. The molecule has 6 heteroatoms. The third-order valence-corrected chi connectivity index (χ3v) is 3.44. The Morgan fingerprint density at radius 3 is 2.80 bits per heavy atom. The molecule has 0 aliphatic rings. The lowest BCUT2D eigenvalue weighted by Crippen LogP contribution is -2.46. The van der Waals surface area contributed by atoms with E-state index in [1.807, 2.05) is 32.0 Å². The predicted octanol–water partition coefficient (Wildman–Crippen LogP) is 2.85. The molecule has 0 saturated heterocycles. The minimum absolute atomic E-state index is 0.0705. The van der Waals surface area contributed by atoms with Crippen molar-refractivity contribution >= 4 is 40.5 Å². The van der Waals surface area contributed by atoms with Crippen molar-refractivity contribution in [3.8, 4) is 0 Å². The van der Waals surface area contributed by atoms with Crippen LogP contribution in [0.1, 0.15) is 25.8 Å². The highest BCUT2D eigenvalue weighted by Gasteiger charge is 2.13. The molecule has 1 atom stereocenters. The van der Waals surface area contributed by atoms with Crippen molar-refractivity contribution in [2.45, 2.75) is 33.2 Å².